The van der Waals surface area contributed by atoms with Gasteiger partial charge in [-0.3, -0.25) is 11.3 Å². The predicted octanol–water partition coefficient (Wildman–Crippen LogP) is 3.27. The molecule has 1 aromatic carbocycles. The molecule has 0 bridgehead atoms. The average Bonchev–Trinajstić information content (AvgIpc) is 3.18. The summed E-state index contributed by atoms with van der Waals surface area (Å²) in [5.41, 5.74) is 2.79. The molecule has 1 saturated carbocycles. The molecule has 106 valence electrons. The summed E-state index contributed by atoms with van der Waals surface area (Å²) in [6.07, 6.45) is 0.829. The summed E-state index contributed by atoms with van der Waals surface area (Å²) in [6, 6.07) is 5.52. The zero-order valence-corrected chi connectivity index (χ0v) is 10.7. The van der Waals surface area contributed by atoms with Crippen LogP contribution in [0.2, 0.25) is 0 Å². The Hall–Kier alpha value is -1.07. The van der Waals surface area contributed by atoms with E-state index in [2.05, 4.69) is 5.43 Å². The van der Waals surface area contributed by atoms with Crippen molar-refractivity contribution >= 4 is 0 Å². The Morgan fingerprint density at radius 1 is 1.32 bits per heavy atom. The maximum atomic E-state index is 12.6. The molecule has 1 atom stereocenters. The Bertz CT molecular complexity index is 413. The van der Waals surface area contributed by atoms with Crippen molar-refractivity contribution in [2.45, 2.75) is 44.3 Å². The molecule has 0 aliphatic heterocycles. The van der Waals surface area contributed by atoms with Gasteiger partial charge in [-0.15, -0.1) is 0 Å². The lowest BCUT2D eigenvalue weighted by molar-refractivity contribution is -0.137. The highest BCUT2D eigenvalue weighted by Gasteiger charge is 2.30. The molecule has 19 heavy (non-hydrogen) atoms. The molecular formula is C14H19F3N2. The van der Waals surface area contributed by atoms with Crippen LogP contribution in [0.15, 0.2) is 24.3 Å². The van der Waals surface area contributed by atoms with Crippen LogP contribution >= 0.6 is 0 Å². The van der Waals surface area contributed by atoms with Gasteiger partial charge in [-0.25, -0.2) is 0 Å². The molecule has 1 unspecified atom stereocenters. The third-order valence-corrected chi connectivity index (χ3v) is 3.59. The van der Waals surface area contributed by atoms with Crippen LogP contribution in [0.1, 0.15) is 36.8 Å². The molecule has 1 fully saturated rings. The van der Waals surface area contributed by atoms with Crippen LogP contribution in [0.4, 0.5) is 13.2 Å². The van der Waals surface area contributed by atoms with E-state index in [0.717, 1.165) is 24.8 Å². The SMILES string of the molecule is NNC(CCC1CC1)Cc1cccc(C(F)(F)F)c1. The fourth-order valence-corrected chi connectivity index (χ4v) is 2.25. The van der Waals surface area contributed by atoms with Gasteiger partial charge in [-0.1, -0.05) is 31.0 Å². The van der Waals surface area contributed by atoms with Crippen LogP contribution in [0.5, 0.6) is 0 Å². The van der Waals surface area contributed by atoms with Gasteiger partial charge in [-0.2, -0.15) is 13.2 Å². The fourth-order valence-electron chi connectivity index (χ4n) is 2.25. The van der Waals surface area contributed by atoms with Crippen molar-refractivity contribution in [1.82, 2.24) is 5.43 Å². The van der Waals surface area contributed by atoms with Gasteiger partial charge >= 0.3 is 6.18 Å². The first-order chi connectivity index (χ1) is 8.99. The summed E-state index contributed by atoms with van der Waals surface area (Å²) < 4.78 is 37.8. The van der Waals surface area contributed by atoms with Crippen molar-refractivity contribution in [3.05, 3.63) is 35.4 Å². The highest BCUT2D eigenvalue weighted by Crippen LogP contribution is 2.34. The highest BCUT2D eigenvalue weighted by atomic mass is 19.4. The van der Waals surface area contributed by atoms with Gasteiger partial charge in [0.25, 0.3) is 0 Å². The summed E-state index contributed by atoms with van der Waals surface area (Å²) in [7, 11) is 0. The molecule has 5 heteroatoms. The molecule has 0 amide bonds. The monoisotopic (exact) mass is 272 g/mol. The summed E-state index contributed by atoms with van der Waals surface area (Å²) >= 11 is 0. The standard InChI is InChI=1S/C14H19F3N2/c15-14(16,17)12-3-1-2-11(8-12)9-13(19-18)7-6-10-4-5-10/h1-3,8,10,13,19H,4-7,9,18H2. The summed E-state index contributed by atoms with van der Waals surface area (Å²) in [6.45, 7) is 0. The maximum absolute atomic E-state index is 12.6. The minimum Gasteiger partial charge on any atom is -0.271 e. The van der Waals surface area contributed by atoms with Crippen molar-refractivity contribution in [2.75, 3.05) is 0 Å². The van der Waals surface area contributed by atoms with Crippen LogP contribution < -0.4 is 11.3 Å². The number of rotatable bonds is 6. The first-order valence-corrected chi connectivity index (χ1v) is 6.61. The van der Waals surface area contributed by atoms with Crippen molar-refractivity contribution in [2.24, 2.45) is 11.8 Å². The van der Waals surface area contributed by atoms with E-state index in [1.54, 1.807) is 6.07 Å². The molecule has 0 radical (unpaired) electrons. The number of hydrogen-bond acceptors (Lipinski definition) is 2. The lowest BCUT2D eigenvalue weighted by atomic mass is 9.99. The van der Waals surface area contributed by atoms with E-state index in [-0.39, 0.29) is 6.04 Å². The Morgan fingerprint density at radius 3 is 2.63 bits per heavy atom. The third kappa shape index (κ3) is 4.51. The van der Waals surface area contributed by atoms with E-state index in [0.29, 0.717) is 12.0 Å². The lowest BCUT2D eigenvalue weighted by Gasteiger charge is -2.16. The second kappa shape index (κ2) is 5.92. The summed E-state index contributed by atoms with van der Waals surface area (Å²) in [5, 5.41) is 0. The number of nitrogens with one attached hydrogen (secondary N) is 1. The lowest BCUT2D eigenvalue weighted by Crippen LogP contribution is -2.36. The van der Waals surface area contributed by atoms with Gasteiger partial charge < -0.3 is 0 Å². The zero-order chi connectivity index (χ0) is 13.9. The van der Waals surface area contributed by atoms with Crippen LogP contribution in [0.3, 0.4) is 0 Å². The summed E-state index contributed by atoms with van der Waals surface area (Å²) in [4.78, 5) is 0. The third-order valence-electron chi connectivity index (χ3n) is 3.59. The topological polar surface area (TPSA) is 38.0 Å². The largest absolute Gasteiger partial charge is 0.416 e. The number of alkyl halides is 3. The molecule has 0 spiro atoms. The smallest absolute Gasteiger partial charge is 0.271 e. The first kappa shape index (κ1) is 14.3. The molecule has 1 aromatic rings. The van der Waals surface area contributed by atoms with Gasteiger partial charge in [-0.05, 0) is 36.8 Å². The van der Waals surface area contributed by atoms with Crippen LogP contribution in [0.25, 0.3) is 0 Å². The van der Waals surface area contributed by atoms with Crippen LogP contribution in [0, 0.1) is 5.92 Å². The van der Waals surface area contributed by atoms with E-state index in [1.807, 2.05) is 0 Å². The van der Waals surface area contributed by atoms with Crippen LogP contribution in [-0.4, -0.2) is 6.04 Å². The molecule has 2 rings (SSSR count). The van der Waals surface area contributed by atoms with Gasteiger partial charge in [0.2, 0.25) is 0 Å². The number of hydrogen-bond donors (Lipinski definition) is 2. The van der Waals surface area contributed by atoms with E-state index < -0.39 is 11.7 Å². The summed E-state index contributed by atoms with van der Waals surface area (Å²) in [5.74, 6) is 6.28. The number of nitrogens with two attached hydrogens (primary N) is 1. The second-order valence-corrected chi connectivity index (χ2v) is 5.29. The minimum absolute atomic E-state index is 0.0454. The van der Waals surface area contributed by atoms with Crippen LogP contribution in [-0.2, 0) is 12.6 Å². The van der Waals surface area contributed by atoms with Gasteiger partial charge in [0.05, 0.1) is 5.56 Å². The highest BCUT2D eigenvalue weighted by molar-refractivity contribution is 5.26. The molecule has 1 aliphatic carbocycles. The van der Waals surface area contributed by atoms with Gasteiger partial charge in [0.15, 0.2) is 0 Å². The molecule has 1 aliphatic rings. The van der Waals surface area contributed by atoms with E-state index >= 15 is 0 Å². The van der Waals surface area contributed by atoms with Gasteiger partial charge in [0.1, 0.15) is 0 Å². The molecule has 3 N–H and O–H groups in total. The average molecular weight is 272 g/mol. The number of hydrazine groups is 1. The van der Waals surface area contributed by atoms with Gasteiger partial charge in [0, 0.05) is 6.04 Å². The van der Waals surface area contributed by atoms with Crippen molar-refractivity contribution in [3.63, 3.8) is 0 Å². The Labute approximate surface area is 111 Å². The van der Waals surface area contributed by atoms with Crippen molar-refractivity contribution in [3.8, 4) is 0 Å². The Kier molecular flexibility index (Phi) is 4.47. The number of benzene rings is 1. The van der Waals surface area contributed by atoms with E-state index in [1.165, 1.54) is 25.0 Å². The molecular weight excluding hydrogens is 253 g/mol. The maximum Gasteiger partial charge on any atom is 0.416 e. The Morgan fingerprint density at radius 2 is 2.05 bits per heavy atom. The fraction of sp³-hybridized carbons (Fsp3) is 0.571. The number of halogens is 3. The predicted molar refractivity (Wildman–Crippen MR) is 68.2 cm³/mol. The van der Waals surface area contributed by atoms with Crippen molar-refractivity contribution in [1.29, 1.82) is 0 Å². The second-order valence-electron chi connectivity index (χ2n) is 5.29. The first-order valence-electron chi connectivity index (χ1n) is 6.61. The Balaban J connectivity index is 1.95. The molecule has 0 heterocycles. The van der Waals surface area contributed by atoms with Crippen molar-refractivity contribution < 1.29 is 13.2 Å². The molecule has 0 saturated heterocycles. The molecule has 2 nitrogen and oxygen atoms in total. The molecule has 0 aromatic heterocycles. The normalized spacial score (nSPS) is 17.5. The minimum atomic E-state index is -4.28. The quantitative estimate of drug-likeness (QED) is 0.616. The van der Waals surface area contributed by atoms with E-state index in [4.69, 9.17) is 5.84 Å². The van der Waals surface area contributed by atoms with E-state index in [9.17, 15) is 13.2 Å². The zero-order valence-electron chi connectivity index (χ0n) is 10.7.